The fraction of sp³-hybridized carbons (Fsp3) is 0.424. The molecule has 3 aliphatic heterocycles. The van der Waals surface area contributed by atoms with Gasteiger partial charge in [0.05, 0.1) is 46.5 Å². The molecule has 2 amide bonds. The topological polar surface area (TPSA) is 87.2 Å². The molecule has 3 unspecified atom stereocenters. The number of aliphatic hydroxyl groups excluding tert-OH is 1. The third-order valence-corrected chi connectivity index (χ3v) is 12.2. The number of fused-ring (bicyclic) bond motifs is 1. The van der Waals surface area contributed by atoms with Crippen LogP contribution in [0.3, 0.4) is 0 Å². The molecule has 10 heteroatoms. The lowest BCUT2D eigenvalue weighted by Gasteiger charge is -2.40. The van der Waals surface area contributed by atoms with Crippen molar-refractivity contribution in [3.8, 4) is 0 Å². The number of esters is 1. The van der Waals surface area contributed by atoms with E-state index < -0.39 is 34.6 Å². The first kappa shape index (κ1) is 31.8. The van der Waals surface area contributed by atoms with Gasteiger partial charge in [0, 0.05) is 16.6 Å². The van der Waals surface area contributed by atoms with Crippen LogP contribution in [-0.4, -0.2) is 68.4 Å². The summed E-state index contributed by atoms with van der Waals surface area (Å²) in [6.07, 6.45) is 6.35. The molecule has 1 N–H and O–H groups in total. The third kappa shape index (κ3) is 5.70. The normalized spacial score (nSPS) is 27.9. The molecule has 1 spiro atoms. The summed E-state index contributed by atoms with van der Waals surface area (Å²) in [5, 5.41) is 10.9. The average Bonchev–Trinajstić information content (AvgIpc) is 3.60. The van der Waals surface area contributed by atoms with Gasteiger partial charge in [0.1, 0.15) is 6.04 Å². The maximum atomic E-state index is 14.9. The summed E-state index contributed by atoms with van der Waals surface area (Å²) in [6, 6.07) is 14.5. The van der Waals surface area contributed by atoms with Crippen molar-refractivity contribution in [2.24, 2.45) is 11.8 Å². The lowest BCUT2D eigenvalue weighted by Crippen LogP contribution is -2.56. The van der Waals surface area contributed by atoms with Crippen LogP contribution in [0.4, 0.5) is 5.69 Å². The van der Waals surface area contributed by atoms with Crippen molar-refractivity contribution >= 4 is 62.8 Å². The molecular weight excluding hydrogens is 652 g/mol. The van der Waals surface area contributed by atoms with E-state index in [1.54, 1.807) is 35.2 Å². The lowest BCUT2D eigenvalue weighted by molar-refractivity contribution is -0.154. The number of allylic oxidation sites excluding steroid dienone is 1. The number of alkyl halides is 1. The predicted molar refractivity (Wildman–Crippen MR) is 174 cm³/mol. The monoisotopic (exact) mass is 686 g/mol. The molecular formula is C33H36BrClN2O5S. The van der Waals surface area contributed by atoms with Crippen LogP contribution in [0, 0.1) is 11.8 Å². The number of hydrogen-bond donors (Lipinski definition) is 1. The van der Waals surface area contributed by atoms with Crippen molar-refractivity contribution in [1.82, 2.24) is 4.90 Å². The number of carbonyl (C=O) groups is 3. The van der Waals surface area contributed by atoms with Crippen molar-refractivity contribution < 1.29 is 24.2 Å². The van der Waals surface area contributed by atoms with Crippen LogP contribution in [0.2, 0.25) is 5.02 Å². The van der Waals surface area contributed by atoms with Crippen molar-refractivity contribution in [1.29, 1.82) is 0 Å². The Hall–Kier alpha value is -2.59. The predicted octanol–water partition coefficient (Wildman–Crippen LogP) is 5.96. The Kier molecular flexibility index (Phi) is 10.1. The first-order chi connectivity index (χ1) is 20.8. The van der Waals surface area contributed by atoms with E-state index in [1.165, 1.54) is 16.7 Å². The van der Waals surface area contributed by atoms with Gasteiger partial charge >= 0.3 is 5.97 Å². The zero-order valence-electron chi connectivity index (χ0n) is 23.8. The first-order valence-corrected chi connectivity index (χ1v) is 16.7. The second-order valence-electron chi connectivity index (χ2n) is 11.2. The Morgan fingerprint density at radius 3 is 2.56 bits per heavy atom. The maximum absolute atomic E-state index is 14.9. The Balaban J connectivity index is 1.59. The molecule has 0 aromatic heterocycles. The molecule has 2 aromatic rings. The first-order valence-electron chi connectivity index (χ1n) is 14.5. The number of thioether (sulfide) groups is 1. The summed E-state index contributed by atoms with van der Waals surface area (Å²) in [7, 11) is 0. The van der Waals surface area contributed by atoms with E-state index in [2.05, 4.69) is 29.1 Å². The molecule has 2 bridgehead atoms. The Morgan fingerprint density at radius 1 is 1.16 bits per heavy atom. The molecule has 5 rings (SSSR count). The van der Waals surface area contributed by atoms with Crippen molar-refractivity contribution in [3.05, 3.63) is 90.5 Å². The number of para-hydroxylation sites is 1. The molecule has 2 aromatic carbocycles. The van der Waals surface area contributed by atoms with Crippen LogP contribution < -0.4 is 4.90 Å². The summed E-state index contributed by atoms with van der Waals surface area (Å²) < 4.78 is 4.83. The highest BCUT2D eigenvalue weighted by Crippen LogP contribution is 2.68. The van der Waals surface area contributed by atoms with Crippen LogP contribution >= 0.6 is 39.3 Å². The molecule has 43 heavy (non-hydrogen) atoms. The largest absolute Gasteiger partial charge is 0.465 e. The minimum Gasteiger partial charge on any atom is -0.465 e. The van der Waals surface area contributed by atoms with Crippen LogP contribution in [0.15, 0.2) is 79.9 Å². The number of unbranched alkanes of at least 4 members (excludes halogenated alkanes) is 2. The third-order valence-electron chi connectivity index (χ3n) is 8.69. The fourth-order valence-electron chi connectivity index (χ4n) is 6.90. The highest BCUT2D eigenvalue weighted by molar-refractivity contribution is 9.09. The van der Waals surface area contributed by atoms with Crippen LogP contribution in [-0.2, 0) is 19.1 Å². The van der Waals surface area contributed by atoms with E-state index in [4.69, 9.17) is 16.3 Å². The molecule has 7 atom stereocenters. The number of benzene rings is 2. The average molecular weight is 688 g/mol. The molecule has 3 saturated heterocycles. The second kappa shape index (κ2) is 13.6. The smallest absolute Gasteiger partial charge is 0.310 e. The van der Waals surface area contributed by atoms with E-state index in [-0.39, 0.29) is 41.6 Å². The Morgan fingerprint density at radius 2 is 1.88 bits per heavy atom. The molecule has 3 aliphatic rings. The Bertz CT molecular complexity index is 1380. The maximum Gasteiger partial charge on any atom is 0.310 e. The number of likely N-dealkylation sites (tertiary alicyclic amines) is 1. The molecule has 0 aliphatic carbocycles. The van der Waals surface area contributed by atoms with E-state index in [1.807, 2.05) is 36.4 Å². The van der Waals surface area contributed by atoms with Crippen molar-refractivity contribution in [2.75, 3.05) is 24.7 Å². The van der Waals surface area contributed by atoms with E-state index in [0.717, 1.165) is 12.8 Å². The number of nitrogens with zero attached hydrogens (tertiary/aromatic N) is 2. The SMILES string of the molecule is C=CCCCCOC(=O)[C@H]1[C@@H]2SC3(CC2Br)C(C(=O)N(CC=C)c2ccccc2Cl)N([C@H](CO)c2ccccc2)C(=O)[C@H]13. The van der Waals surface area contributed by atoms with Gasteiger partial charge in [-0.05, 0) is 43.4 Å². The number of rotatable bonds is 13. The van der Waals surface area contributed by atoms with Gasteiger partial charge in [-0.25, -0.2) is 0 Å². The molecule has 7 nitrogen and oxygen atoms in total. The summed E-state index contributed by atoms with van der Waals surface area (Å²) >= 11 is 11.9. The fourth-order valence-corrected chi connectivity index (χ4v) is 10.7. The zero-order chi connectivity index (χ0) is 30.7. The lowest BCUT2D eigenvalue weighted by atomic mass is 9.71. The van der Waals surface area contributed by atoms with Gasteiger partial charge in [0.15, 0.2) is 0 Å². The second-order valence-corrected chi connectivity index (χ2v) is 14.3. The van der Waals surface area contributed by atoms with Crippen molar-refractivity contribution in [3.63, 3.8) is 0 Å². The van der Waals surface area contributed by atoms with Gasteiger partial charge in [-0.3, -0.25) is 14.4 Å². The molecule has 0 saturated carbocycles. The number of anilines is 1. The van der Waals surface area contributed by atoms with Gasteiger partial charge in [-0.15, -0.1) is 24.9 Å². The number of aliphatic hydroxyl groups is 1. The van der Waals surface area contributed by atoms with E-state index in [9.17, 15) is 19.5 Å². The van der Waals surface area contributed by atoms with Crippen LogP contribution in [0.25, 0.3) is 0 Å². The van der Waals surface area contributed by atoms with Crippen LogP contribution in [0.5, 0.6) is 0 Å². The standard InChI is InChI=1S/C33H36BrClN2O5S/c1-3-5-6-12-18-42-32(41)26-27-30(39)37(25(20-38)21-13-8-7-9-14-21)29(33(27)19-22(34)28(26)43-33)31(40)36(17-4-2)24-16-11-10-15-23(24)35/h3-4,7-11,13-16,22,25-29,38H,1-2,5-6,12,17-20H2/t22?,25-,26-,27+,28-,29?,33?/m1/s1. The van der Waals surface area contributed by atoms with Gasteiger partial charge < -0.3 is 19.6 Å². The minimum absolute atomic E-state index is 0.104. The highest BCUT2D eigenvalue weighted by Gasteiger charge is 2.76. The van der Waals surface area contributed by atoms with Gasteiger partial charge in [0.2, 0.25) is 5.91 Å². The number of ether oxygens (including phenoxy) is 1. The number of hydrogen-bond acceptors (Lipinski definition) is 6. The highest BCUT2D eigenvalue weighted by atomic mass is 79.9. The van der Waals surface area contributed by atoms with Crippen LogP contribution in [0.1, 0.15) is 37.3 Å². The number of halogens is 2. The molecule has 228 valence electrons. The van der Waals surface area contributed by atoms with Gasteiger partial charge in [-0.2, -0.15) is 0 Å². The summed E-state index contributed by atoms with van der Waals surface area (Å²) in [5.41, 5.74) is 1.21. The zero-order valence-corrected chi connectivity index (χ0v) is 27.0. The van der Waals surface area contributed by atoms with E-state index in [0.29, 0.717) is 29.1 Å². The molecule has 3 fully saturated rings. The molecule has 0 radical (unpaired) electrons. The molecule has 3 heterocycles. The van der Waals surface area contributed by atoms with Gasteiger partial charge in [-0.1, -0.05) is 82.1 Å². The quantitative estimate of drug-likeness (QED) is 0.121. The minimum atomic E-state index is -0.973. The summed E-state index contributed by atoms with van der Waals surface area (Å²) in [5.74, 6) is -2.56. The summed E-state index contributed by atoms with van der Waals surface area (Å²) in [6.45, 7) is 7.64. The van der Waals surface area contributed by atoms with Gasteiger partial charge in [0.25, 0.3) is 5.91 Å². The number of amides is 2. The van der Waals surface area contributed by atoms with Crippen molar-refractivity contribution in [2.45, 2.75) is 52.6 Å². The van der Waals surface area contributed by atoms with E-state index >= 15 is 0 Å². The Labute approximate surface area is 270 Å². The summed E-state index contributed by atoms with van der Waals surface area (Å²) in [4.78, 5) is 46.2. The number of carbonyl (C=O) groups excluding carboxylic acids is 3.